The molecule has 0 saturated heterocycles. The SMILES string of the molecule is CCOc1ccc(S(=O)(=O)NCC(O)c2ccc(SC)cc2)cc1F. The van der Waals surface area contributed by atoms with Crippen LogP contribution in [0.15, 0.2) is 52.3 Å². The fourth-order valence-corrected chi connectivity index (χ4v) is 3.60. The maximum absolute atomic E-state index is 13.8. The summed E-state index contributed by atoms with van der Waals surface area (Å²) >= 11 is 1.57. The van der Waals surface area contributed by atoms with Crippen molar-refractivity contribution in [1.29, 1.82) is 0 Å². The standard InChI is InChI=1S/C17H20FNO4S2/c1-3-23-17-9-8-14(10-15(17)18)25(21,22)19-11-16(20)12-4-6-13(24-2)7-5-12/h4-10,16,19-20H,3,11H2,1-2H3. The normalized spacial score (nSPS) is 12.8. The van der Waals surface area contributed by atoms with Gasteiger partial charge < -0.3 is 9.84 Å². The number of sulfonamides is 1. The van der Waals surface area contributed by atoms with Crippen molar-refractivity contribution in [3.05, 3.63) is 53.8 Å². The minimum absolute atomic E-state index is 0.00429. The zero-order valence-electron chi connectivity index (χ0n) is 13.9. The Labute approximate surface area is 151 Å². The van der Waals surface area contributed by atoms with Crippen molar-refractivity contribution in [3.63, 3.8) is 0 Å². The van der Waals surface area contributed by atoms with E-state index in [1.807, 2.05) is 18.4 Å². The summed E-state index contributed by atoms with van der Waals surface area (Å²) in [6.45, 7) is 1.78. The Hall–Kier alpha value is -1.61. The molecule has 136 valence electrons. The van der Waals surface area contributed by atoms with Gasteiger partial charge in [0.1, 0.15) is 0 Å². The fraction of sp³-hybridized carbons (Fsp3) is 0.294. The van der Waals surface area contributed by atoms with Gasteiger partial charge in [0.15, 0.2) is 11.6 Å². The van der Waals surface area contributed by atoms with Gasteiger partial charge in [0.25, 0.3) is 0 Å². The first kappa shape index (κ1) is 19.7. The summed E-state index contributed by atoms with van der Waals surface area (Å²) in [5.74, 6) is -0.756. The highest BCUT2D eigenvalue weighted by atomic mass is 32.2. The van der Waals surface area contributed by atoms with Crippen molar-refractivity contribution in [1.82, 2.24) is 4.72 Å². The molecule has 2 aromatic carbocycles. The Morgan fingerprint density at radius 3 is 2.48 bits per heavy atom. The molecule has 0 aliphatic carbocycles. The number of benzene rings is 2. The van der Waals surface area contributed by atoms with Crippen LogP contribution in [0.4, 0.5) is 4.39 Å². The molecular weight excluding hydrogens is 365 g/mol. The molecule has 0 aliphatic heterocycles. The second-order valence-corrected chi connectivity index (χ2v) is 7.81. The predicted molar refractivity (Wildman–Crippen MR) is 95.9 cm³/mol. The predicted octanol–water partition coefficient (Wildman–Crippen LogP) is 2.96. The Morgan fingerprint density at radius 2 is 1.92 bits per heavy atom. The number of aliphatic hydroxyl groups excluding tert-OH is 1. The third-order valence-corrected chi connectivity index (χ3v) is 5.65. The fourth-order valence-electron chi connectivity index (χ4n) is 2.14. The number of hydrogen-bond donors (Lipinski definition) is 2. The van der Waals surface area contributed by atoms with E-state index in [-0.39, 0.29) is 23.8 Å². The Balaban J connectivity index is 2.06. The molecule has 8 heteroatoms. The number of aliphatic hydroxyl groups is 1. The third-order valence-electron chi connectivity index (χ3n) is 3.48. The van der Waals surface area contributed by atoms with Crippen molar-refractivity contribution >= 4 is 21.8 Å². The van der Waals surface area contributed by atoms with E-state index in [0.29, 0.717) is 5.56 Å². The quantitative estimate of drug-likeness (QED) is 0.684. The molecule has 2 N–H and O–H groups in total. The van der Waals surface area contributed by atoms with Crippen molar-refractivity contribution < 1.29 is 22.7 Å². The Morgan fingerprint density at radius 1 is 1.24 bits per heavy atom. The van der Waals surface area contributed by atoms with E-state index in [9.17, 15) is 17.9 Å². The number of hydrogen-bond acceptors (Lipinski definition) is 5. The summed E-state index contributed by atoms with van der Waals surface area (Å²) in [5.41, 5.74) is 0.596. The van der Waals surface area contributed by atoms with E-state index >= 15 is 0 Å². The molecule has 0 amide bonds. The Bertz CT molecular complexity index is 810. The van der Waals surface area contributed by atoms with Gasteiger partial charge in [-0.05, 0) is 49.1 Å². The smallest absolute Gasteiger partial charge is 0.240 e. The number of ether oxygens (including phenoxy) is 1. The van der Waals surface area contributed by atoms with E-state index in [1.165, 1.54) is 12.1 Å². The van der Waals surface area contributed by atoms with E-state index in [0.717, 1.165) is 11.0 Å². The lowest BCUT2D eigenvalue weighted by Gasteiger charge is -2.13. The molecule has 0 radical (unpaired) electrons. The van der Waals surface area contributed by atoms with Gasteiger partial charge in [-0.1, -0.05) is 12.1 Å². The monoisotopic (exact) mass is 385 g/mol. The highest BCUT2D eigenvalue weighted by Gasteiger charge is 2.18. The largest absolute Gasteiger partial charge is 0.491 e. The van der Waals surface area contributed by atoms with Gasteiger partial charge in [0.2, 0.25) is 10.0 Å². The molecule has 2 aromatic rings. The number of nitrogens with one attached hydrogen (secondary N) is 1. The van der Waals surface area contributed by atoms with Crippen LogP contribution >= 0.6 is 11.8 Å². The van der Waals surface area contributed by atoms with E-state index < -0.39 is 21.9 Å². The summed E-state index contributed by atoms with van der Waals surface area (Å²) in [5, 5.41) is 10.1. The summed E-state index contributed by atoms with van der Waals surface area (Å²) in [4.78, 5) is 0.819. The van der Waals surface area contributed by atoms with Crippen LogP contribution in [-0.2, 0) is 10.0 Å². The van der Waals surface area contributed by atoms with Gasteiger partial charge >= 0.3 is 0 Å². The number of thioether (sulfide) groups is 1. The van der Waals surface area contributed by atoms with E-state index in [4.69, 9.17) is 4.74 Å². The molecule has 0 aromatic heterocycles. The molecule has 0 fully saturated rings. The highest BCUT2D eigenvalue weighted by molar-refractivity contribution is 7.98. The van der Waals surface area contributed by atoms with Crippen molar-refractivity contribution in [2.45, 2.75) is 22.8 Å². The van der Waals surface area contributed by atoms with Gasteiger partial charge in [-0.25, -0.2) is 17.5 Å². The first-order valence-corrected chi connectivity index (χ1v) is 10.3. The van der Waals surface area contributed by atoms with Gasteiger partial charge in [-0.15, -0.1) is 11.8 Å². The van der Waals surface area contributed by atoms with Crippen molar-refractivity contribution in [2.75, 3.05) is 19.4 Å². The summed E-state index contributed by atoms with van der Waals surface area (Å²) in [6.07, 6.45) is 0.938. The second-order valence-electron chi connectivity index (χ2n) is 5.17. The maximum atomic E-state index is 13.8. The summed E-state index contributed by atoms with van der Waals surface area (Å²) in [6, 6.07) is 10.6. The maximum Gasteiger partial charge on any atom is 0.240 e. The van der Waals surface area contributed by atoms with Crippen LogP contribution in [0, 0.1) is 5.82 Å². The van der Waals surface area contributed by atoms with Crippen LogP contribution in [0.3, 0.4) is 0 Å². The lowest BCUT2D eigenvalue weighted by atomic mass is 10.1. The Kier molecular flexibility index (Phi) is 6.83. The van der Waals surface area contributed by atoms with Crippen LogP contribution in [0.5, 0.6) is 5.75 Å². The van der Waals surface area contributed by atoms with E-state index in [2.05, 4.69) is 4.72 Å². The number of rotatable bonds is 8. The lowest BCUT2D eigenvalue weighted by molar-refractivity contribution is 0.182. The molecule has 2 rings (SSSR count). The first-order chi connectivity index (χ1) is 11.9. The van der Waals surface area contributed by atoms with Gasteiger partial charge in [-0.3, -0.25) is 0 Å². The average Bonchev–Trinajstić information content (AvgIpc) is 2.61. The molecule has 0 aliphatic rings. The third kappa shape index (κ3) is 5.18. The second kappa shape index (κ2) is 8.66. The summed E-state index contributed by atoms with van der Waals surface area (Å²) in [7, 11) is -3.94. The van der Waals surface area contributed by atoms with Gasteiger partial charge in [0, 0.05) is 11.4 Å². The molecule has 0 bridgehead atoms. The first-order valence-electron chi connectivity index (χ1n) is 7.61. The lowest BCUT2D eigenvalue weighted by Crippen LogP contribution is -2.28. The van der Waals surface area contributed by atoms with E-state index in [1.54, 1.807) is 30.8 Å². The zero-order valence-corrected chi connectivity index (χ0v) is 15.5. The zero-order chi connectivity index (χ0) is 18.4. The molecule has 5 nitrogen and oxygen atoms in total. The molecule has 0 spiro atoms. The molecule has 0 saturated carbocycles. The van der Waals surface area contributed by atoms with Crippen LogP contribution < -0.4 is 9.46 Å². The molecule has 1 unspecified atom stereocenters. The van der Waals surface area contributed by atoms with Gasteiger partial charge in [-0.2, -0.15) is 0 Å². The molecule has 25 heavy (non-hydrogen) atoms. The topological polar surface area (TPSA) is 75.6 Å². The minimum atomic E-state index is -3.94. The molecule has 0 heterocycles. The van der Waals surface area contributed by atoms with Crippen LogP contribution in [-0.4, -0.2) is 32.9 Å². The minimum Gasteiger partial charge on any atom is -0.491 e. The molecule has 1 atom stereocenters. The van der Waals surface area contributed by atoms with Crippen molar-refractivity contribution in [2.24, 2.45) is 0 Å². The summed E-state index contributed by atoms with van der Waals surface area (Å²) < 4.78 is 45.7. The van der Waals surface area contributed by atoms with Gasteiger partial charge in [0.05, 0.1) is 17.6 Å². The van der Waals surface area contributed by atoms with Crippen LogP contribution in [0.1, 0.15) is 18.6 Å². The number of halogens is 1. The average molecular weight is 385 g/mol. The molecular formula is C17H20FNO4S2. The van der Waals surface area contributed by atoms with Crippen molar-refractivity contribution in [3.8, 4) is 5.75 Å². The highest BCUT2D eigenvalue weighted by Crippen LogP contribution is 2.22. The van der Waals surface area contributed by atoms with Crippen LogP contribution in [0.25, 0.3) is 0 Å². The van der Waals surface area contributed by atoms with Crippen LogP contribution in [0.2, 0.25) is 0 Å².